The molecule has 0 bridgehead atoms. The van der Waals surface area contributed by atoms with Crippen LogP contribution in [-0.4, -0.2) is 24.6 Å². The number of carbonyl (C=O) groups is 3. The lowest BCUT2D eigenvalue weighted by Gasteiger charge is -2.69. The van der Waals surface area contributed by atoms with E-state index in [1.807, 2.05) is 32.9 Å². The Morgan fingerprint density at radius 1 is 1.00 bits per heavy atom. The molecule has 5 heteroatoms. The second-order valence-corrected chi connectivity index (χ2v) is 14.8. The van der Waals surface area contributed by atoms with Gasteiger partial charge in [-0.05, 0) is 86.0 Å². The van der Waals surface area contributed by atoms with Gasteiger partial charge in [-0.15, -0.1) is 0 Å². The molecule has 0 aliphatic heterocycles. The van der Waals surface area contributed by atoms with E-state index in [0.29, 0.717) is 6.42 Å². The van der Waals surface area contributed by atoms with Gasteiger partial charge in [0.2, 0.25) is 0 Å². The van der Waals surface area contributed by atoms with E-state index in [2.05, 4.69) is 33.8 Å². The van der Waals surface area contributed by atoms with Gasteiger partial charge in [-0.3, -0.25) is 14.4 Å². The summed E-state index contributed by atoms with van der Waals surface area (Å²) in [4.78, 5) is 40.4. The molecule has 200 valence electrons. The van der Waals surface area contributed by atoms with E-state index in [0.717, 1.165) is 38.5 Å². The van der Waals surface area contributed by atoms with Gasteiger partial charge in [0, 0.05) is 16.7 Å². The summed E-state index contributed by atoms with van der Waals surface area (Å²) < 4.78 is 5.23. The average molecular weight is 506 g/mol. The Hall–Kier alpha value is -2.22. The number of hydrogen-bond acceptors (Lipinski definition) is 5. The number of allylic oxidation sites excluding steroid dienone is 4. The minimum Gasteiger partial charge on any atom is -0.469 e. The number of nitrogens with zero attached hydrogens (tertiary/aromatic N) is 1. The third-order valence-corrected chi connectivity index (χ3v) is 12.7. The number of hydrogen-bond donors (Lipinski definition) is 0. The molecule has 0 heterocycles. The van der Waals surface area contributed by atoms with Crippen molar-refractivity contribution >= 4 is 17.5 Å². The van der Waals surface area contributed by atoms with Gasteiger partial charge in [-0.2, -0.15) is 5.26 Å². The largest absolute Gasteiger partial charge is 0.469 e. The SMILES string of the molecule is COC(=O)[C@@]1(C)CCC2(C)CC[C@]3(C)C(=CC(=O)[C@@H]4C5(C)C=C(C#N)C(=O)C(C)(C)[C@@H]5CCC43C)C2C1. The molecule has 0 aromatic carbocycles. The average Bonchev–Trinajstić information content (AvgIpc) is 2.83. The van der Waals surface area contributed by atoms with Crippen LogP contribution in [0.15, 0.2) is 23.3 Å². The molecule has 0 radical (unpaired) electrons. The molecule has 0 aromatic heterocycles. The van der Waals surface area contributed by atoms with E-state index in [1.165, 1.54) is 12.7 Å². The van der Waals surface area contributed by atoms with Crippen LogP contribution < -0.4 is 0 Å². The van der Waals surface area contributed by atoms with Crippen molar-refractivity contribution in [3.05, 3.63) is 23.3 Å². The van der Waals surface area contributed by atoms with Crippen LogP contribution in [0.5, 0.6) is 0 Å². The molecule has 3 fully saturated rings. The molecule has 3 saturated carbocycles. The fourth-order valence-electron chi connectivity index (χ4n) is 10.2. The quantitative estimate of drug-likeness (QED) is 0.386. The molecule has 0 aromatic rings. The normalized spacial score (nSPS) is 48.2. The molecule has 0 amide bonds. The minimum absolute atomic E-state index is 0.0105. The topological polar surface area (TPSA) is 84.2 Å². The van der Waals surface area contributed by atoms with Crippen LogP contribution in [0.25, 0.3) is 0 Å². The lowest BCUT2D eigenvalue weighted by Crippen LogP contribution is -2.65. The third-order valence-electron chi connectivity index (χ3n) is 12.7. The van der Waals surface area contributed by atoms with Crippen molar-refractivity contribution in [3.8, 4) is 6.07 Å². The number of fused-ring (bicyclic) bond motifs is 7. The summed E-state index contributed by atoms with van der Waals surface area (Å²) in [6, 6.07) is 2.16. The Balaban J connectivity index is 1.67. The van der Waals surface area contributed by atoms with Crippen LogP contribution in [0.4, 0.5) is 0 Å². The Kier molecular flexibility index (Phi) is 5.47. The molecule has 0 saturated heterocycles. The van der Waals surface area contributed by atoms with Crippen molar-refractivity contribution in [2.24, 2.45) is 50.2 Å². The predicted octanol–water partition coefficient (Wildman–Crippen LogP) is 6.38. The van der Waals surface area contributed by atoms with Crippen molar-refractivity contribution in [3.63, 3.8) is 0 Å². The smallest absolute Gasteiger partial charge is 0.311 e. The van der Waals surface area contributed by atoms with Gasteiger partial charge in [0.1, 0.15) is 6.07 Å². The van der Waals surface area contributed by atoms with E-state index >= 15 is 0 Å². The van der Waals surface area contributed by atoms with E-state index in [1.54, 1.807) is 0 Å². The second-order valence-electron chi connectivity index (χ2n) is 14.8. The standard InChI is InChI=1S/C32H43NO4/c1-27(2)23-9-10-32(7)24(30(23,5)16-19(18-33)25(27)35)22(34)15-20-21-17-29(4,26(36)37-8)12-11-28(21,3)13-14-31(20,32)6/h15-16,21,23-24H,9-14,17H2,1-8H3/t21?,23-,24+,28?,29-,30?,31+,32?/m0/s1. The van der Waals surface area contributed by atoms with Crippen molar-refractivity contribution in [1.82, 2.24) is 0 Å². The highest BCUT2D eigenvalue weighted by molar-refractivity contribution is 6.05. The maximum atomic E-state index is 14.3. The second kappa shape index (κ2) is 7.67. The number of nitriles is 1. The summed E-state index contributed by atoms with van der Waals surface area (Å²) in [5.41, 5.74) is -0.770. The van der Waals surface area contributed by atoms with Gasteiger partial charge in [0.15, 0.2) is 11.6 Å². The van der Waals surface area contributed by atoms with E-state index in [4.69, 9.17) is 4.74 Å². The van der Waals surface area contributed by atoms with Gasteiger partial charge in [0.05, 0.1) is 18.1 Å². The number of esters is 1. The molecular weight excluding hydrogens is 462 g/mol. The number of Topliss-reactive ketones (excluding diaryl/α,β-unsaturated/α-hetero) is 1. The molecule has 37 heavy (non-hydrogen) atoms. The fraction of sp³-hybridized carbons (Fsp3) is 0.750. The highest BCUT2D eigenvalue weighted by Crippen LogP contribution is 2.74. The number of methoxy groups -OCH3 is 1. The Morgan fingerprint density at radius 2 is 1.65 bits per heavy atom. The Morgan fingerprint density at radius 3 is 2.27 bits per heavy atom. The summed E-state index contributed by atoms with van der Waals surface area (Å²) >= 11 is 0. The van der Waals surface area contributed by atoms with Crippen molar-refractivity contribution in [2.75, 3.05) is 7.11 Å². The fourth-order valence-corrected chi connectivity index (χ4v) is 10.2. The van der Waals surface area contributed by atoms with Gasteiger partial charge in [0.25, 0.3) is 0 Å². The lowest BCUT2D eigenvalue weighted by atomic mass is 9.34. The lowest BCUT2D eigenvalue weighted by molar-refractivity contribution is -0.172. The first-order valence-corrected chi connectivity index (χ1v) is 14.1. The minimum atomic E-state index is -0.683. The van der Waals surface area contributed by atoms with E-state index < -0.39 is 16.2 Å². The highest BCUT2D eigenvalue weighted by atomic mass is 16.5. The first-order valence-electron chi connectivity index (χ1n) is 14.1. The Labute approximate surface area is 222 Å². The number of carbonyl (C=O) groups excluding carboxylic acids is 3. The van der Waals surface area contributed by atoms with E-state index in [9.17, 15) is 19.6 Å². The maximum Gasteiger partial charge on any atom is 0.311 e. The summed E-state index contributed by atoms with van der Waals surface area (Å²) in [6.07, 6.45) is 10.1. The van der Waals surface area contributed by atoms with Crippen LogP contribution >= 0.6 is 0 Å². The molecule has 5 aliphatic rings. The Bertz CT molecular complexity index is 1200. The molecule has 4 unspecified atom stereocenters. The maximum absolute atomic E-state index is 14.3. The molecule has 5 rings (SSSR count). The zero-order valence-electron chi connectivity index (χ0n) is 23.9. The summed E-state index contributed by atoms with van der Waals surface area (Å²) in [5, 5.41) is 9.86. The monoisotopic (exact) mass is 505 g/mol. The number of ether oxygens (including phenoxy) is 1. The first kappa shape index (κ1) is 26.4. The molecule has 0 N–H and O–H groups in total. The molecule has 0 spiro atoms. The first-order chi connectivity index (χ1) is 17.0. The van der Waals surface area contributed by atoms with Gasteiger partial charge in [-0.1, -0.05) is 53.2 Å². The van der Waals surface area contributed by atoms with Crippen molar-refractivity contribution in [1.29, 1.82) is 5.26 Å². The van der Waals surface area contributed by atoms with Gasteiger partial charge >= 0.3 is 5.97 Å². The van der Waals surface area contributed by atoms with E-state index in [-0.39, 0.29) is 57.1 Å². The number of ketones is 2. The summed E-state index contributed by atoms with van der Waals surface area (Å²) in [5.74, 6) is -0.227. The zero-order valence-corrected chi connectivity index (χ0v) is 23.9. The predicted molar refractivity (Wildman–Crippen MR) is 141 cm³/mol. The van der Waals surface area contributed by atoms with Crippen molar-refractivity contribution in [2.45, 2.75) is 93.4 Å². The van der Waals surface area contributed by atoms with Crippen LogP contribution in [-0.2, 0) is 19.1 Å². The van der Waals surface area contributed by atoms with Crippen molar-refractivity contribution < 1.29 is 19.1 Å². The summed E-state index contributed by atoms with van der Waals surface area (Å²) in [6.45, 7) is 15.1. The number of rotatable bonds is 1. The third kappa shape index (κ3) is 3.11. The highest BCUT2D eigenvalue weighted by Gasteiger charge is 2.70. The van der Waals surface area contributed by atoms with Crippen LogP contribution in [0.1, 0.15) is 93.4 Å². The zero-order chi connectivity index (χ0) is 27.4. The molecule has 5 nitrogen and oxygen atoms in total. The molecular formula is C32H43NO4. The van der Waals surface area contributed by atoms with Crippen LogP contribution in [0.2, 0.25) is 0 Å². The molecule has 8 atom stereocenters. The van der Waals surface area contributed by atoms with Gasteiger partial charge in [-0.25, -0.2) is 0 Å². The van der Waals surface area contributed by atoms with Crippen LogP contribution in [0.3, 0.4) is 0 Å². The molecule has 5 aliphatic carbocycles. The van der Waals surface area contributed by atoms with Crippen LogP contribution in [0, 0.1) is 61.6 Å². The van der Waals surface area contributed by atoms with Gasteiger partial charge < -0.3 is 4.74 Å². The summed E-state index contributed by atoms with van der Waals surface area (Å²) in [7, 11) is 1.47.